The monoisotopic (exact) mass is 376 g/mol. The van der Waals surface area contributed by atoms with Crippen LogP contribution in [-0.2, 0) is 0 Å². The highest BCUT2D eigenvalue weighted by Crippen LogP contribution is 2.36. The van der Waals surface area contributed by atoms with E-state index in [9.17, 15) is 14.4 Å². The number of anilines is 2. The molecule has 3 N–H and O–H groups in total. The van der Waals surface area contributed by atoms with Crippen LogP contribution in [0.1, 0.15) is 31.1 Å². The van der Waals surface area contributed by atoms with E-state index in [1.165, 1.54) is 24.3 Å². The average Bonchev–Trinajstić information content (AvgIpc) is 2.71. The zero-order valence-electron chi connectivity index (χ0n) is 14.7. The summed E-state index contributed by atoms with van der Waals surface area (Å²) in [5.41, 5.74) is 1.89. The van der Waals surface area contributed by atoms with Crippen LogP contribution in [0, 0.1) is 0 Å². The van der Waals surface area contributed by atoms with Gasteiger partial charge in [0.05, 0.1) is 17.9 Å². The molecule has 0 saturated heterocycles. The molecule has 0 spiro atoms. The van der Waals surface area contributed by atoms with Gasteiger partial charge in [0.1, 0.15) is 0 Å². The Hall–Kier alpha value is -3.71. The van der Waals surface area contributed by atoms with E-state index in [0.717, 1.165) is 16.0 Å². The van der Waals surface area contributed by atoms with Crippen molar-refractivity contribution >= 4 is 39.9 Å². The molecule has 140 valence electrons. The van der Waals surface area contributed by atoms with E-state index in [-0.39, 0.29) is 12.2 Å². The predicted octanol–water partition coefficient (Wildman–Crippen LogP) is 2.74. The van der Waals surface area contributed by atoms with E-state index in [4.69, 9.17) is 10.2 Å². The molecule has 0 unspecified atom stereocenters. The molecular weight excluding hydrogens is 360 g/mol. The smallest absolute Gasteiger partial charge is 0.335 e. The van der Waals surface area contributed by atoms with Crippen LogP contribution in [0.15, 0.2) is 54.6 Å². The van der Waals surface area contributed by atoms with Crippen molar-refractivity contribution in [3.8, 4) is 0 Å². The summed E-state index contributed by atoms with van der Waals surface area (Å²) in [5, 5.41) is 22.5. The minimum absolute atomic E-state index is 0.0408. The third kappa shape index (κ3) is 2.69. The summed E-state index contributed by atoms with van der Waals surface area (Å²) in [6.07, 6.45) is 0. The van der Waals surface area contributed by atoms with Crippen LogP contribution in [0.25, 0.3) is 10.8 Å². The first-order valence-electron chi connectivity index (χ1n) is 8.65. The fourth-order valence-electron chi connectivity index (χ4n) is 3.43. The van der Waals surface area contributed by atoms with Gasteiger partial charge in [-0.15, -0.1) is 0 Å². The second kappa shape index (κ2) is 6.79. The summed E-state index contributed by atoms with van der Waals surface area (Å²) in [6, 6.07) is 14.2. The highest BCUT2D eigenvalue weighted by molar-refractivity contribution is 6.36. The lowest BCUT2D eigenvalue weighted by molar-refractivity contribution is 0.0696. The molecule has 0 fully saturated rings. The number of carboxylic acids is 1. The van der Waals surface area contributed by atoms with Crippen LogP contribution in [0.2, 0.25) is 0 Å². The molecule has 1 heterocycles. The standard InChI is InChI=1S/C21H16N2O5/c24-11-10-22-17-9-8-16-18-14(17)2-1-3-15(18)19(25)23(20(16)26)13-6-4-12(5-7-13)21(27)28/h1-9,22,24H,10-11H2,(H,27,28). The average molecular weight is 376 g/mol. The summed E-state index contributed by atoms with van der Waals surface area (Å²) in [5.74, 6) is -2.02. The normalized spacial score (nSPS) is 13.1. The van der Waals surface area contributed by atoms with Gasteiger partial charge < -0.3 is 15.5 Å². The summed E-state index contributed by atoms with van der Waals surface area (Å²) in [4.78, 5) is 38.3. The van der Waals surface area contributed by atoms with Gasteiger partial charge in [-0.05, 0) is 42.5 Å². The number of nitrogens with one attached hydrogen (secondary N) is 1. The molecule has 3 aromatic carbocycles. The Morgan fingerprint density at radius 1 is 0.929 bits per heavy atom. The summed E-state index contributed by atoms with van der Waals surface area (Å²) >= 11 is 0. The molecule has 1 aliphatic heterocycles. The van der Waals surface area contributed by atoms with Gasteiger partial charge in [0.15, 0.2) is 0 Å². The van der Waals surface area contributed by atoms with Gasteiger partial charge in [-0.2, -0.15) is 0 Å². The van der Waals surface area contributed by atoms with Crippen molar-refractivity contribution in [1.29, 1.82) is 0 Å². The second-order valence-electron chi connectivity index (χ2n) is 6.34. The number of carbonyl (C=O) groups excluding carboxylic acids is 2. The zero-order chi connectivity index (χ0) is 19.8. The molecule has 0 saturated carbocycles. The third-order valence-electron chi connectivity index (χ3n) is 4.71. The molecule has 0 aliphatic carbocycles. The van der Waals surface area contributed by atoms with Crippen molar-refractivity contribution in [2.45, 2.75) is 0 Å². The van der Waals surface area contributed by atoms with Gasteiger partial charge in [-0.1, -0.05) is 12.1 Å². The number of carboxylic acid groups (broad SMARTS) is 1. The predicted molar refractivity (Wildman–Crippen MR) is 104 cm³/mol. The van der Waals surface area contributed by atoms with Crippen LogP contribution in [0.5, 0.6) is 0 Å². The lowest BCUT2D eigenvalue weighted by Crippen LogP contribution is -2.40. The van der Waals surface area contributed by atoms with Crippen molar-refractivity contribution in [2.24, 2.45) is 0 Å². The fourth-order valence-corrected chi connectivity index (χ4v) is 3.43. The number of hydrogen-bond donors (Lipinski definition) is 3. The van der Waals surface area contributed by atoms with Gasteiger partial charge in [0.2, 0.25) is 0 Å². The number of nitrogens with zero attached hydrogens (tertiary/aromatic N) is 1. The first-order valence-corrected chi connectivity index (χ1v) is 8.65. The number of benzene rings is 3. The Labute approximate surface area is 159 Å². The van der Waals surface area contributed by atoms with Crippen LogP contribution in [-0.4, -0.2) is 41.1 Å². The largest absolute Gasteiger partial charge is 0.478 e. The summed E-state index contributed by atoms with van der Waals surface area (Å²) < 4.78 is 0. The van der Waals surface area contributed by atoms with E-state index in [2.05, 4.69) is 5.32 Å². The highest BCUT2D eigenvalue weighted by atomic mass is 16.4. The molecule has 28 heavy (non-hydrogen) atoms. The fraction of sp³-hybridized carbons (Fsp3) is 0.0952. The van der Waals surface area contributed by atoms with Gasteiger partial charge in [0.25, 0.3) is 11.8 Å². The summed E-state index contributed by atoms with van der Waals surface area (Å²) in [6.45, 7) is 0.309. The first-order chi connectivity index (χ1) is 13.5. The molecule has 0 aromatic heterocycles. The molecule has 0 radical (unpaired) electrons. The van der Waals surface area contributed by atoms with E-state index in [1.807, 2.05) is 6.07 Å². The van der Waals surface area contributed by atoms with Crippen molar-refractivity contribution in [1.82, 2.24) is 0 Å². The number of aromatic carboxylic acids is 1. The Kier molecular flexibility index (Phi) is 4.29. The molecule has 1 aliphatic rings. The lowest BCUT2D eigenvalue weighted by Gasteiger charge is -2.28. The van der Waals surface area contributed by atoms with Crippen LogP contribution >= 0.6 is 0 Å². The van der Waals surface area contributed by atoms with E-state index < -0.39 is 17.8 Å². The van der Waals surface area contributed by atoms with Crippen molar-refractivity contribution in [3.63, 3.8) is 0 Å². The quantitative estimate of drug-likeness (QED) is 0.591. The van der Waals surface area contributed by atoms with Gasteiger partial charge in [-0.25, -0.2) is 9.69 Å². The third-order valence-corrected chi connectivity index (χ3v) is 4.71. The van der Waals surface area contributed by atoms with Crippen molar-refractivity contribution in [3.05, 3.63) is 71.3 Å². The Morgan fingerprint density at radius 3 is 2.25 bits per heavy atom. The minimum atomic E-state index is -1.08. The molecule has 2 amide bonds. The van der Waals surface area contributed by atoms with Crippen molar-refractivity contribution in [2.75, 3.05) is 23.4 Å². The molecule has 0 bridgehead atoms. The van der Waals surface area contributed by atoms with Crippen LogP contribution in [0.3, 0.4) is 0 Å². The van der Waals surface area contributed by atoms with E-state index in [0.29, 0.717) is 28.7 Å². The van der Waals surface area contributed by atoms with Crippen molar-refractivity contribution < 1.29 is 24.6 Å². The minimum Gasteiger partial charge on any atom is -0.478 e. The molecular formula is C21H16N2O5. The number of aliphatic hydroxyl groups is 1. The van der Waals surface area contributed by atoms with E-state index >= 15 is 0 Å². The SMILES string of the molecule is O=C(O)c1ccc(N2C(=O)c3cccc4c(NCCO)ccc(c34)C2=O)cc1. The maximum atomic E-state index is 13.1. The van der Waals surface area contributed by atoms with Gasteiger partial charge in [0, 0.05) is 34.1 Å². The topological polar surface area (TPSA) is 107 Å². The van der Waals surface area contributed by atoms with Crippen LogP contribution in [0.4, 0.5) is 11.4 Å². The number of carbonyl (C=O) groups is 3. The molecule has 7 nitrogen and oxygen atoms in total. The molecule has 7 heteroatoms. The number of aliphatic hydroxyl groups excluding tert-OH is 1. The Morgan fingerprint density at radius 2 is 1.61 bits per heavy atom. The lowest BCUT2D eigenvalue weighted by atomic mass is 9.92. The number of imide groups is 1. The highest BCUT2D eigenvalue weighted by Gasteiger charge is 2.34. The molecule has 3 aromatic rings. The second-order valence-corrected chi connectivity index (χ2v) is 6.34. The first kappa shape index (κ1) is 17.7. The maximum absolute atomic E-state index is 13.1. The summed E-state index contributed by atoms with van der Waals surface area (Å²) in [7, 11) is 0. The molecule has 0 atom stereocenters. The van der Waals surface area contributed by atoms with Gasteiger partial charge in [-0.3, -0.25) is 9.59 Å². The van der Waals surface area contributed by atoms with Crippen LogP contribution < -0.4 is 10.2 Å². The Balaban J connectivity index is 1.84. The number of hydrogen-bond acceptors (Lipinski definition) is 5. The Bertz CT molecular complexity index is 1100. The maximum Gasteiger partial charge on any atom is 0.335 e. The van der Waals surface area contributed by atoms with E-state index in [1.54, 1.807) is 24.3 Å². The zero-order valence-corrected chi connectivity index (χ0v) is 14.7. The molecule has 4 rings (SSSR count). The number of rotatable bonds is 5. The number of amides is 2. The van der Waals surface area contributed by atoms with Gasteiger partial charge >= 0.3 is 5.97 Å².